The number of benzene rings is 1. The molecular weight excluding hydrogens is 506 g/mol. The number of carbonyl (C=O) groups is 1. The molecular formula is C32H55N3O5. The monoisotopic (exact) mass is 561 g/mol. The van der Waals surface area contributed by atoms with Gasteiger partial charge in [0, 0.05) is 25.2 Å². The van der Waals surface area contributed by atoms with E-state index in [1.54, 1.807) is 4.90 Å². The Morgan fingerprint density at radius 2 is 0.900 bits per heavy atom. The smallest absolute Gasteiger partial charge is 0.279 e. The molecule has 0 aliphatic rings. The zero-order chi connectivity index (χ0) is 29.6. The van der Waals surface area contributed by atoms with Crippen LogP contribution in [0, 0.1) is 27.2 Å². The molecule has 0 aromatic heterocycles. The minimum Gasteiger partial charge on any atom is -0.339 e. The normalized spacial score (nSPS) is 11.1. The Bertz CT molecular complexity index is 815. The predicted molar refractivity (Wildman–Crippen MR) is 164 cm³/mol. The molecule has 0 aliphatic carbocycles. The molecule has 40 heavy (non-hydrogen) atoms. The number of rotatable bonds is 25. The maximum absolute atomic E-state index is 13.5. The second-order valence-electron chi connectivity index (χ2n) is 11.3. The van der Waals surface area contributed by atoms with Gasteiger partial charge in [-0.25, -0.2) is 0 Å². The largest absolute Gasteiger partial charge is 0.339 e. The van der Waals surface area contributed by atoms with Crippen molar-refractivity contribution in [2.24, 2.45) is 0 Å². The predicted octanol–water partition coefficient (Wildman–Crippen LogP) is 10.1. The van der Waals surface area contributed by atoms with Crippen LogP contribution < -0.4 is 0 Å². The molecule has 1 amide bonds. The molecule has 0 aliphatic heterocycles. The molecule has 0 atom stereocenters. The van der Waals surface area contributed by atoms with Crippen LogP contribution in [0.15, 0.2) is 12.1 Å². The van der Waals surface area contributed by atoms with Gasteiger partial charge < -0.3 is 4.90 Å². The highest BCUT2D eigenvalue weighted by molar-refractivity contribution is 5.96. The van der Waals surface area contributed by atoms with Crippen molar-refractivity contribution in [2.75, 3.05) is 13.1 Å². The fourth-order valence-corrected chi connectivity index (χ4v) is 5.26. The molecule has 8 heteroatoms. The lowest BCUT2D eigenvalue weighted by atomic mass is 10.0. The Hall–Kier alpha value is -2.51. The van der Waals surface area contributed by atoms with E-state index in [0.717, 1.165) is 38.5 Å². The van der Waals surface area contributed by atoms with E-state index in [4.69, 9.17) is 0 Å². The first-order chi connectivity index (χ1) is 19.3. The fourth-order valence-electron chi connectivity index (χ4n) is 5.26. The van der Waals surface area contributed by atoms with Gasteiger partial charge in [-0.2, -0.15) is 0 Å². The van der Waals surface area contributed by atoms with Gasteiger partial charge in [0.05, 0.1) is 15.4 Å². The van der Waals surface area contributed by atoms with Crippen LogP contribution in [0.25, 0.3) is 0 Å². The van der Waals surface area contributed by atoms with Crippen molar-refractivity contribution in [1.82, 2.24) is 4.90 Å². The van der Waals surface area contributed by atoms with Crippen LogP contribution in [0.2, 0.25) is 0 Å². The molecule has 0 unspecified atom stereocenters. The molecule has 1 aromatic rings. The second kappa shape index (κ2) is 22.2. The van der Waals surface area contributed by atoms with Gasteiger partial charge in [0.15, 0.2) is 0 Å². The van der Waals surface area contributed by atoms with E-state index >= 15 is 0 Å². The van der Waals surface area contributed by atoms with Crippen LogP contribution in [-0.2, 0) is 0 Å². The molecule has 0 heterocycles. The van der Waals surface area contributed by atoms with Crippen LogP contribution in [0.1, 0.15) is 158 Å². The van der Waals surface area contributed by atoms with E-state index < -0.39 is 9.85 Å². The number of nitro groups is 2. The lowest BCUT2D eigenvalue weighted by molar-refractivity contribution is -0.395. The van der Waals surface area contributed by atoms with Gasteiger partial charge in [0.25, 0.3) is 17.3 Å². The molecule has 0 radical (unpaired) electrons. The number of hydrogen-bond donors (Lipinski definition) is 0. The average Bonchev–Trinajstić information content (AvgIpc) is 2.93. The van der Waals surface area contributed by atoms with Crippen molar-refractivity contribution in [1.29, 1.82) is 0 Å². The van der Waals surface area contributed by atoms with Crippen molar-refractivity contribution in [3.8, 4) is 0 Å². The first-order valence-electron chi connectivity index (χ1n) is 16.1. The Morgan fingerprint density at radius 3 is 1.20 bits per heavy atom. The van der Waals surface area contributed by atoms with Crippen LogP contribution in [0.3, 0.4) is 0 Å². The number of amides is 1. The number of nitrogens with zero attached hydrogens (tertiary/aromatic N) is 3. The zero-order valence-electron chi connectivity index (χ0n) is 25.6. The Balaban J connectivity index is 2.68. The number of unbranched alkanes of at least 4 members (excludes halogenated alkanes) is 18. The summed E-state index contributed by atoms with van der Waals surface area (Å²) in [7, 11) is 0. The number of nitro benzene ring substituents is 2. The third-order valence-electron chi connectivity index (χ3n) is 7.84. The summed E-state index contributed by atoms with van der Waals surface area (Å²) >= 11 is 0. The third kappa shape index (κ3) is 14.8. The van der Waals surface area contributed by atoms with Gasteiger partial charge >= 0.3 is 0 Å². The third-order valence-corrected chi connectivity index (χ3v) is 7.84. The van der Waals surface area contributed by atoms with Gasteiger partial charge in [-0.1, -0.05) is 129 Å². The Morgan fingerprint density at radius 1 is 0.600 bits per heavy atom. The van der Waals surface area contributed by atoms with Crippen LogP contribution in [-0.4, -0.2) is 33.7 Å². The lowest BCUT2D eigenvalue weighted by Crippen LogP contribution is -2.33. The standard InChI is InChI=1S/C32H55N3O5/c1-4-6-8-10-12-14-16-18-20-22-24-33(25-23-21-19-17-15-13-11-9-7-5-2)32(36)29-26-30(34(37)38)28(3)31(27-29)35(39)40/h26-27H,4-25H2,1-3H3. The first-order valence-corrected chi connectivity index (χ1v) is 16.1. The quantitative estimate of drug-likeness (QED) is 0.0670. The summed E-state index contributed by atoms with van der Waals surface area (Å²) < 4.78 is 0. The van der Waals surface area contributed by atoms with Crippen molar-refractivity contribution in [3.05, 3.63) is 43.5 Å². The second-order valence-corrected chi connectivity index (χ2v) is 11.3. The maximum atomic E-state index is 13.5. The van der Waals surface area contributed by atoms with E-state index in [9.17, 15) is 25.0 Å². The molecule has 0 fully saturated rings. The summed E-state index contributed by atoms with van der Waals surface area (Å²) in [6.07, 6.45) is 24.0. The first kappa shape index (κ1) is 35.5. The molecule has 1 aromatic carbocycles. The molecule has 0 saturated heterocycles. The molecule has 0 spiro atoms. The lowest BCUT2D eigenvalue weighted by Gasteiger charge is -2.23. The van der Waals surface area contributed by atoms with Gasteiger partial charge in [-0.05, 0) is 19.8 Å². The van der Waals surface area contributed by atoms with Crippen LogP contribution in [0.5, 0.6) is 0 Å². The number of carbonyl (C=O) groups excluding carboxylic acids is 1. The summed E-state index contributed by atoms with van der Waals surface area (Å²) in [5, 5.41) is 23.1. The summed E-state index contributed by atoms with van der Waals surface area (Å²) in [5.74, 6) is -0.349. The van der Waals surface area contributed by atoms with Crippen molar-refractivity contribution in [2.45, 2.75) is 149 Å². The zero-order valence-corrected chi connectivity index (χ0v) is 25.6. The fraction of sp³-hybridized carbons (Fsp3) is 0.781. The minimum atomic E-state index is -0.645. The topological polar surface area (TPSA) is 107 Å². The van der Waals surface area contributed by atoms with Crippen molar-refractivity contribution >= 4 is 17.3 Å². The summed E-state index contributed by atoms with van der Waals surface area (Å²) in [6.45, 7) is 6.96. The molecule has 8 nitrogen and oxygen atoms in total. The highest BCUT2D eigenvalue weighted by Crippen LogP contribution is 2.30. The molecule has 1 rings (SSSR count). The van der Waals surface area contributed by atoms with Gasteiger partial charge in [0.2, 0.25) is 0 Å². The highest BCUT2D eigenvalue weighted by atomic mass is 16.6. The summed E-state index contributed by atoms with van der Waals surface area (Å²) in [5.41, 5.74) is -0.753. The maximum Gasteiger partial charge on any atom is 0.279 e. The van der Waals surface area contributed by atoms with E-state index in [-0.39, 0.29) is 28.4 Å². The van der Waals surface area contributed by atoms with Gasteiger partial charge in [-0.15, -0.1) is 0 Å². The molecule has 228 valence electrons. The summed E-state index contributed by atoms with van der Waals surface area (Å²) in [4.78, 5) is 37.0. The van der Waals surface area contributed by atoms with Crippen molar-refractivity contribution < 1.29 is 14.6 Å². The van der Waals surface area contributed by atoms with E-state index in [1.807, 2.05) is 0 Å². The highest BCUT2D eigenvalue weighted by Gasteiger charge is 2.27. The Kier molecular flexibility index (Phi) is 19.7. The molecule has 0 saturated carbocycles. The van der Waals surface area contributed by atoms with Gasteiger partial charge in [-0.3, -0.25) is 25.0 Å². The molecule has 0 bridgehead atoms. The van der Waals surface area contributed by atoms with Gasteiger partial charge in [0.1, 0.15) is 5.56 Å². The number of hydrogen-bond acceptors (Lipinski definition) is 5. The minimum absolute atomic E-state index is 0.0255. The summed E-state index contributed by atoms with van der Waals surface area (Å²) in [6, 6.07) is 2.41. The van der Waals surface area contributed by atoms with E-state index in [1.165, 1.54) is 109 Å². The SMILES string of the molecule is CCCCCCCCCCCCN(CCCCCCCCCCCC)C(=O)c1cc([N+](=O)[O-])c(C)c([N+](=O)[O-])c1. The van der Waals surface area contributed by atoms with Crippen LogP contribution in [0.4, 0.5) is 11.4 Å². The van der Waals surface area contributed by atoms with E-state index in [0.29, 0.717) is 13.1 Å². The molecule has 0 N–H and O–H groups in total. The Labute approximate surface area is 242 Å². The van der Waals surface area contributed by atoms with Crippen molar-refractivity contribution in [3.63, 3.8) is 0 Å². The average molecular weight is 562 g/mol. The van der Waals surface area contributed by atoms with E-state index in [2.05, 4.69) is 13.8 Å². The van der Waals surface area contributed by atoms with Crippen LogP contribution >= 0.6 is 0 Å².